The number of aromatic amines is 1. The van der Waals surface area contributed by atoms with Crippen molar-refractivity contribution >= 4 is 28.7 Å². The molecule has 6 heteroatoms. The fourth-order valence-electron chi connectivity index (χ4n) is 1.46. The zero-order valence-corrected chi connectivity index (χ0v) is 8.56. The van der Waals surface area contributed by atoms with Crippen LogP contribution in [-0.2, 0) is 4.79 Å². The van der Waals surface area contributed by atoms with E-state index < -0.39 is 5.91 Å². The summed E-state index contributed by atoms with van der Waals surface area (Å²) in [6, 6.07) is 3.69. The molecule has 0 bridgehead atoms. The van der Waals surface area contributed by atoms with Crippen molar-refractivity contribution in [2.24, 2.45) is 5.16 Å². The lowest BCUT2D eigenvalue weighted by atomic mass is 10.1. The molecule has 0 radical (unpaired) electrons. The second-order valence-electron chi connectivity index (χ2n) is 3.36. The number of H-pyrrole nitrogens is 1. The number of fused-ring (bicyclic) bond motifs is 1. The number of benzene rings is 1. The van der Waals surface area contributed by atoms with Gasteiger partial charge in [-0.15, -0.1) is 0 Å². The van der Waals surface area contributed by atoms with Crippen molar-refractivity contribution in [3.8, 4) is 0 Å². The van der Waals surface area contributed by atoms with Gasteiger partial charge < -0.3 is 10.5 Å². The van der Waals surface area contributed by atoms with Gasteiger partial charge in [-0.2, -0.15) is 5.10 Å². The van der Waals surface area contributed by atoms with Gasteiger partial charge in [0.1, 0.15) is 6.21 Å². The molecule has 1 heterocycles. The van der Waals surface area contributed by atoms with Crippen LogP contribution in [0, 0.1) is 6.92 Å². The minimum atomic E-state index is -0.482. The second-order valence-corrected chi connectivity index (χ2v) is 3.36. The molecule has 1 aromatic heterocycles. The number of aryl methyl sites for hydroxylation is 1. The Labute approximate surface area is 91.0 Å². The number of nitrogens with zero attached hydrogens (tertiary/aromatic N) is 2. The summed E-state index contributed by atoms with van der Waals surface area (Å²) in [7, 11) is 0. The molecule has 2 rings (SSSR count). The third kappa shape index (κ3) is 1.85. The predicted octanol–water partition coefficient (Wildman–Crippen LogP) is 1.27. The first kappa shape index (κ1) is 10.2. The van der Waals surface area contributed by atoms with Gasteiger partial charge in [0.05, 0.1) is 11.7 Å². The van der Waals surface area contributed by atoms with Crippen molar-refractivity contribution < 1.29 is 10.0 Å². The topological polar surface area (TPSA) is 90.4 Å². The molecule has 1 amide bonds. The van der Waals surface area contributed by atoms with Crippen LogP contribution in [0.5, 0.6) is 0 Å². The van der Waals surface area contributed by atoms with Crippen LogP contribution in [0.2, 0.25) is 0 Å². The van der Waals surface area contributed by atoms with Crippen LogP contribution in [0.1, 0.15) is 5.56 Å². The van der Waals surface area contributed by atoms with E-state index in [2.05, 4.69) is 20.7 Å². The largest absolute Gasteiger partial charge is 0.411 e. The molecule has 0 atom stereocenters. The average molecular weight is 218 g/mol. The monoisotopic (exact) mass is 218 g/mol. The molecule has 6 nitrogen and oxygen atoms in total. The third-order valence-corrected chi connectivity index (χ3v) is 2.22. The van der Waals surface area contributed by atoms with Crippen LogP contribution >= 0.6 is 0 Å². The molecular formula is C10H10N4O2. The number of rotatable bonds is 2. The van der Waals surface area contributed by atoms with E-state index in [1.54, 1.807) is 12.3 Å². The highest BCUT2D eigenvalue weighted by Crippen LogP contribution is 2.21. The summed E-state index contributed by atoms with van der Waals surface area (Å²) in [6.07, 6.45) is 2.51. The van der Waals surface area contributed by atoms with Crippen molar-refractivity contribution in [2.75, 3.05) is 5.32 Å². The van der Waals surface area contributed by atoms with E-state index in [0.29, 0.717) is 5.69 Å². The highest BCUT2D eigenvalue weighted by molar-refractivity contribution is 6.31. The third-order valence-electron chi connectivity index (χ3n) is 2.22. The molecule has 16 heavy (non-hydrogen) atoms. The van der Waals surface area contributed by atoms with E-state index in [1.165, 1.54) is 0 Å². The smallest absolute Gasteiger partial charge is 0.270 e. The lowest BCUT2D eigenvalue weighted by Gasteiger charge is -2.05. The van der Waals surface area contributed by atoms with Crippen LogP contribution in [0.15, 0.2) is 23.5 Å². The van der Waals surface area contributed by atoms with Gasteiger partial charge >= 0.3 is 0 Å². The van der Waals surface area contributed by atoms with Crippen LogP contribution in [0.4, 0.5) is 5.69 Å². The molecule has 0 aliphatic heterocycles. The summed E-state index contributed by atoms with van der Waals surface area (Å²) in [5.41, 5.74) is 2.40. The molecule has 0 saturated carbocycles. The number of carbonyl (C=O) groups is 1. The first-order valence-electron chi connectivity index (χ1n) is 4.63. The van der Waals surface area contributed by atoms with Crippen LogP contribution < -0.4 is 5.32 Å². The maximum Gasteiger partial charge on any atom is 0.270 e. The van der Waals surface area contributed by atoms with E-state index in [0.717, 1.165) is 22.7 Å². The summed E-state index contributed by atoms with van der Waals surface area (Å²) < 4.78 is 0. The molecule has 0 fully saturated rings. The van der Waals surface area contributed by atoms with E-state index in [4.69, 9.17) is 5.21 Å². The Morgan fingerprint density at radius 3 is 3.19 bits per heavy atom. The fourth-order valence-corrected chi connectivity index (χ4v) is 1.46. The van der Waals surface area contributed by atoms with Crippen LogP contribution in [0.25, 0.3) is 10.9 Å². The molecule has 0 spiro atoms. The fraction of sp³-hybridized carbons (Fsp3) is 0.100. The van der Waals surface area contributed by atoms with Gasteiger partial charge in [0.25, 0.3) is 5.91 Å². The highest BCUT2D eigenvalue weighted by atomic mass is 16.4. The Morgan fingerprint density at radius 1 is 1.62 bits per heavy atom. The first-order chi connectivity index (χ1) is 7.70. The quantitative estimate of drug-likeness (QED) is 0.402. The van der Waals surface area contributed by atoms with Crippen LogP contribution in [0.3, 0.4) is 0 Å². The standard InChI is InChI=1S/C10H10N4O2/c1-6-2-7-4-11-14-9(7)3-8(6)13-10(15)5-12-16/h2-5,16H,1H3,(H,11,14)(H,13,15)/b12-5+. The number of aromatic nitrogens is 2. The molecule has 0 unspecified atom stereocenters. The van der Waals surface area contributed by atoms with Gasteiger partial charge in [-0.1, -0.05) is 5.16 Å². The Kier molecular flexibility index (Phi) is 2.55. The van der Waals surface area contributed by atoms with Crippen molar-refractivity contribution in [1.82, 2.24) is 10.2 Å². The van der Waals surface area contributed by atoms with Gasteiger partial charge in [-0.3, -0.25) is 9.89 Å². The zero-order chi connectivity index (χ0) is 11.5. The van der Waals surface area contributed by atoms with Gasteiger partial charge in [0, 0.05) is 11.1 Å². The van der Waals surface area contributed by atoms with Crippen LogP contribution in [-0.4, -0.2) is 27.5 Å². The lowest BCUT2D eigenvalue weighted by Crippen LogP contribution is -2.13. The Bertz CT molecular complexity index is 559. The number of hydrogen-bond donors (Lipinski definition) is 3. The molecule has 0 aliphatic rings. The minimum absolute atomic E-state index is 0.482. The summed E-state index contributed by atoms with van der Waals surface area (Å²) in [4.78, 5) is 11.2. The maximum absolute atomic E-state index is 11.2. The highest BCUT2D eigenvalue weighted by Gasteiger charge is 2.05. The predicted molar refractivity (Wildman–Crippen MR) is 59.7 cm³/mol. The molecule has 2 aromatic rings. The molecule has 0 saturated heterocycles. The summed E-state index contributed by atoms with van der Waals surface area (Å²) in [5.74, 6) is -0.482. The zero-order valence-electron chi connectivity index (χ0n) is 8.56. The maximum atomic E-state index is 11.2. The van der Waals surface area contributed by atoms with Crippen molar-refractivity contribution in [3.05, 3.63) is 23.9 Å². The normalized spacial score (nSPS) is 11.1. The summed E-state index contributed by atoms with van der Waals surface area (Å²) in [5, 5.41) is 21.1. The van der Waals surface area contributed by atoms with Gasteiger partial charge in [-0.05, 0) is 24.6 Å². The van der Waals surface area contributed by atoms with Crippen molar-refractivity contribution in [2.45, 2.75) is 6.92 Å². The molecular weight excluding hydrogens is 208 g/mol. The molecule has 1 aromatic carbocycles. The minimum Gasteiger partial charge on any atom is -0.411 e. The number of nitrogens with one attached hydrogen (secondary N) is 2. The number of oxime groups is 1. The Balaban J connectivity index is 2.36. The molecule has 82 valence electrons. The number of anilines is 1. The van der Waals surface area contributed by atoms with Gasteiger partial charge in [-0.25, -0.2) is 0 Å². The SMILES string of the molecule is Cc1cc2cn[nH]c2cc1NC(=O)/C=N/O. The first-order valence-corrected chi connectivity index (χ1v) is 4.63. The lowest BCUT2D eigenvalue weighted by molar-refractivity contribution is -0.110. The van der Waals surface area contributed by atoms with E-state index in [9.17, 15) is 4.79 Å². The van der Waals surface area contributed by atoms with E-state index in [1.807, 2.05) is 13.0 Å². The van der Waals surface area contributed by atoms with Crippen molar-refractivity contribution in [1.29, 1.82) is 0 Å². The van der Waals surface area contributed by atoms with Gasteiger partial charge in [0.15, 0.2) is 0 Å². The second kappa shape index (κ2) is 4.01. The van der Waals surface area contributed by atoms with E-state index >= 15 is 0 Å². The Hall–Kier alpha value is -2.37. The molecule has 0 aliphatic carbocycles. The average Bonchev–Trinajstić information content (AvgIpc) is 2.65. The van der Waals surface area contributed by atoms with Crippen molar-refractivity contribution in [3.63, 3.8) is 0 Å². The molecule has 3 N–H and O–H groups in total. The van der Waals surface area contributed by atoms with E-state index in [-0.39, 0.29) is 0 Å². The summed E-state index contributed by atoms with van der Waals surface area (Å²) >= 11 is 0. The summed E-state index contributed by atoms with van der Waals surface area (Å²) in [6.45, 7) is 1.87. The number of hydrogen-bond acceptors (Lipinski definition) is 4. The Morgan fingerprint density at radius 2 is 2.44 bits per heavy atom. The van der Waals surface area contributed by atoms with Gasteiger partial charge in [0.2, 0.25) is 0 Å². The number of amides is 1. The number of carbonyl (C=O) groups excluding carboxylic acids is 1.